The van der Waals surface area contributed by atoms with Gasteiger partial charge >= 0.3 is 0 Å². The van der Waals surface area contributed by atoms with E-state index in [1.807, 2.05) is 12.1 Å². The van der Waals surface area contributed by atoms with Crippen molar-refractivity contribution in [1.82, 2.24) is 5.32 Å². The van der Waals surface area contributed by atoms with E-state index in [0.29, 0.717) is 31.0 Å². The standard InChI is InChI=1S/C27H32BrN3O3/c1-33-25-19-22(28)18-21(27(25)34-2)12-14-23-13-11-20-8-5-6-9-24(20)31(23)17-7-3-4-10-26(32)30-16-15-29/h5-6,8-9,11-14,18-19H,3-4,7,10,15-17,29H2,1-2H3/p+1/b14-12+. The molecule has 0 aliphatic heterocycles. The maximum absolute atomic E-state index is 11.8. The number of unbranched alkanes of at least 4 members (excludes halogenated alkanes) is 2. The molecule has 0 aliphatic carbocycles. The van der Waals surface area contributed by atoms with E-state index in [1.54, 1.807) is 14.2 Å². The molecule has 1 amide bonds. The zero-order valence-electron chi connectivity index (χ0n) is 19.9. The number of halogens is 1. The van der Waals surface area contributed by atoms with E-state index >= 15 is 0 Å². The number of nitrogens with two attached hydrogens (primary N) is 1. The van der Waals surface area contributed by atoms with Crippen molar-refractivity contribution < 1.29 is 18.8 Å². The summed E-state index contributed by atoms with van der Waals surface area (Å²) in [7, 11) is 3.28. The van der Waals surface area contributed by atoms with Gasteiger partial charge in [-0.3, -0.25) is 4.79 Å². The maximum atomic E-state index is 11.8. The predicted octanol–water partition coefficient (Wildman–Crippen LogP) is 4.71. The average Bonchev–Trinajstić information content (AvgIpc) is 2.85. The summed E-state index contributed by atoms with van der Waals surface area (Å²) in [5.41, 5.74) is 8.65. The van der Waals surface area contributed by atoms with E-state index < -0.39 is 0 Å². The summed E-state index contributed by atoms with van der Waals surface area (Å²) in [5, 5.41) is 4.02. The second-order valence-corrected chi connectivity index (χ2v) is 8.90. The van der Waals surface area contributed by atoms with Crippen LogP contribution in [0.1, 0.15) is 36.9 Å². The molecular weight excluding hydrogens is 494 g/mol. The Balaban J connectivity index is 1.80. The average molecular weight is 527 g/mol. The molecule has 0 unspecified atom stereocenters. The third kappa shape index (κ3) is 6.81. The van der Waals surface area contributed by atoms with Crippen LogP contribution in [0.4, 0.5) is 0 Å². The molecular formula is C27H33BrN3O3+. The number of benzene rings is 2. The van der Waals surface area contributed by atoms with Gasteiger partial charge in [0.1, 0.15) is 6.54 Å². The van der Waals surface area contributed by atoms with E-state index in [2.05, 4.69) is 74.4 Å². The van der Waals surface area contributed by atoms with Crippen LogP contribution in [0.5, 0.6) is 11.5 Å². The van der Waals surface area contributed by atoms with Crippen molar-refractivity contribution in [2.24, 2.45) is 5.73 Å². The van der Waals surface area contributed by atoms with Gasteiger partial charge in [-0.05, 0) is 43.2 Å². The molecule has 1 aromatic heterocycles. The van der Waals surface area contributed by atoms with Crippen LogP contribution >= 0.6 is 15.9 Å². The van der Waals surface area contributed by atoms with Crippen LogP contribution in [0.2, 0.25) is 0 Å². The van der Waals surface area contributed by atoms with Gasteiger partial charge in [0.15, 0.2) is 11.5 Å². The van der Waals surface area contributed by atoms with Gasteiger partial charge in [-0.1, -0.05) is 28.1 Å². The molecule has 180 valence electrons. The SMILES string of the molecule is COc1cc(Br)cc(/C=C/c2ccc3ccccc3[n+]2CCCCCC(=O)NCCN)c1OC. The topological polar surface area (TPSA) is 77.5 Å². The summed E-state index contributed by atoms with van der Waals surface area (Å²) in [5.74, 6) is 1.45. The van der Waals surface area contributed by atoms with Gasteiger partial charge in [-0.2, -0.15) is 4.57 Å². The monoisotopic (exact) mass is 526 g/mol. The van der Waals surface area contributed by atoms with Gasteiger partial charge in [-0.25, -0.2) is 0 Å². The van der Waals surface area contributed by atoms with E-state index in [4.69, 9.17) is 15.2 Å². The van der Waals surface area contributed by atoms with Crippen molar-refractivity contribution in [3.05, 3.63) is 64.3 Å². The Morgan fingerprint density at radius 1 is 1.06 bits per heavy atom. The Hall–Kier alpha value is -2.90. The predicted molar refractivity (Wildman–Crippen MR) is 141 cm³/mol. The zero-order chi connectivity index (χ0) is 24.3. The third-order valence-electron chi connectivity index (χ3n) is 5.63. The minimum absolute atomic E-state index is 0.0743. The van der Waals surface area contributed by atoms with Gasteiger partial charge in [0, 0.05) is 59.6 Å². The molecule has 0 saturated heterocycles. The van der Waals surface area contributed by atoms with Crippen molar-refractivity contribution in [2.75, 3.05) is 27.3 Å². The molecule has 1 heterocycles. The number of hydrogen-bond donors (Lipinski definition) is 2. The lowest BCUT2D eigenvalue weighted by Crippen LogP contribution is -2.38. The third-order valence-corrected chi connectivity index (χ3v) is 6.09. The Morgan fingerprint density at radius 2 is 1.88 bits per heavy atom. The number of amides is 1. The fourth-order valence-electron chi connectivity index (χ4n) is 3.96. The molecule has 0 bridgehead atoms. The van der Waals surface area contributed by atoms with Crippen molar-refractivity contribution in [2.45, 2.75) is 32.2 Å². The highest BCUT2D eigenvalue weighted by molar-refractivity contribution is 9.10. The van der Waals surface area contributed by atoms with Crippen LogP contribution in [-0.4, -0.2) is 33.2 Å². The summed E-state index contributed by atoms with van der Waals surface area (Å²) in [6.07, 6.45) is 7.52. The highest BCUT2D eigenvalue weighted by atomic mass is 79.9. The Kier molecular flexibility index (Phi) is 9.91. The fourth-order valence-corrected chi connectivity index (χ4v) is 4.42. The number of ether oxygens (including phenoxy) is 2. The first kappa shape index (κ1) is 25.7. The number of pyridine rings is 1. The second-order valence-electron chi connectivity index (χ2n) is 7.98. The molecule has 0 saturated carbocycles. The quantitative estimate of drug-likeness (QED) is 0.264. The number of aryl methyl sites for hydroxylation is 1. The molecule has 3 rings (SSSR count). The number of fused-ring (bicyclic) bond motifs is 1. The Labute approximate surface area is 209 Å². The largest absolute Gasteiger partial charge is 0.493 e. The van der Waals surface area contributed by atoms with Crippen LogP contribution in [0.15, 0.2) is 53.0 Å². The number of nitrogens with zero attached hydrogens (tertiary/aromatic N) is 1. The van der Waals surface area contributed by atoms with Crippen LogP contribution in [0.25, 0.3) is 23.1 Å². The number of nitrogens with one attached hydrogen (secondary N) is 1. The number of hydrogen-bond acceptors (Lipinski definition) is 4. The number of para-hydroxylation sites is 1. The lowest BCUT2D eigenvalue weighted by atomic mass is 10.1. The van der Waals surface area contributed by atoms with Crippen LogP contribution in [0.3, 0.4) is 0 Å². The number of aromatic nitrogens is 1. The Morgan fingerprint density at radius 3 is 2.65 bits per heavy atom. The van der Waals surface area contributed by atoms with Crippen molar-refractivity contribution >= 4 is 44.9 Å². The number of rotatable bonds is 12. The molecule has 0 spiro atoms. The summed E-state index contributed by atoms with van der Waals surface area (Å²) >= 11 is 3.55. The minimum Gasteiger partial charge on any atom is -0.493 e. The van der Waals surface area contributed by atoms with Gasteiger partial charge in [-0.15, -0.1) is 0 Å². The molecule has 6 nitrogen and oxygen atoms in total. The number of carbonyl (C=O) groups excluding carboxylic acids is 1. The van der Waals surface area contributed by atoms with Crippen LogP contribution in [0, 0.1) is 0 Å². The van der Waals surface area contributed by atoms with Crippen molar-refractivity contribution in [3.8, 4) is 11.5 Å². The first-order valence-corrected chi connectivity index (χ1v) is 12.3. The van der Waals surface area contributed by atoms with Crippen LogP contribution < -0.4 is 25.1 Å². The summed E-state index contributed by atoms with van der Waals surface area (Å²) in [4.78, 5) is 11.8. The summed E-state index contributed by atoms with van der Waals surface area (Å²) in [6, 6.07) is 16.6. The molecule has 3 aromatic rings. The van der Waals surface area contributed by atoms with Gasteiger partial charge in [0.2, 0.25) is 17.1 Å². The normalized spacial score (nSPS) is 11.2. The van der Waals surface area contributed by atoms with Gasteiger partial charge < -0.3 is 20.5 Å². The fraction of sp³-hybridized carbons (Fsp3) is 0.333. The number of carbonyl (C=O) groups is 1. The van der Waals surface area contributed by atoms with E-state index in [1.165, 1.54) is 10.9 Å². The molecule has 3 N–H and O–H groups in total. The zero-order valence-corrected chi connectivity index (χ0v) is 21.4. The molecule has 0 aliphatic rings. The highest BCUT2D eigenvalue weighted by Crippen LogP contribution is 2.35. The van der Waals surface area contributed by atoms with E-state index in [9.17, 15) is 4.79 Å². The lowest BCUT2D eigenvalue weighted by molar-refractivity contribution is -0.673. The van der Waals surface area contributed by atoms with Gasteiger partial charge in [0.25, 0.3) is 0 Å². The van der Waals surface area contributed by atoms with E-state index in [0.717, 1.165) is 41.5 Å². The molecule has 2 aromatic carbocycles. The first-order chi connectivity index (χ1) is 16.6. The van der Waals surface area contributed by atoms with Crippen molar-refractivity contribution in [1.29, 1.82) is 0 Å². The number of methoxy groups -OCH3 is 2. The first-order valence-electron chi connectivity index (χ1n) is 11.6. The molecule has 0 fully saturated rings. The Bertz CT molecular complexity index is 1150. The molecule has 34 heavy (non-hydrogen) atoms. The maximum Gasteiger partial charge on any atom is 0.220 e. The van der Waals surface area contributed by atoms with E-state index in [-0.39, 0.29) is 5.91 Å². The lowest BCUT2D eigenvalue weighted by Gasteiger charge is -2.11. The smallest absolute Gasteiger partial charge is 0.220 e. The summed E-state index contributed by atoms with van der Waals surface area (Å²) in [6.45, 7) is 1.87. The van der Waals surface area contributed by atoms with Crippen molar-refractivity contribution in [3.63, 3.8) is 0 Å². The molecule has 0 atom stereocenters. The summed E-state index contributed by atoms with van der Waals surface area (Å²) < 4.78 is 14.3. The van der Waals surface area contributed by atoms with Gasteiger partial charge in [0.05, 0.1) is 14.2 Å². The van der Waals surface area contributed by atoms with Crippen LogP contribution in [-0.2, 0) is 11.3 Å². The molecule has 0 radical (unpaired) electrons. The molecule has 7 heteroatoms. The second kappa shape index (κ2) is 13.1. The minimum atomic E-state index is 0.0743. The highest BCUT2D eigenvalue weighted by Gasteiger charge is 2.15.